The van der Waals surface area contributed by atoms with Crippen molar-refractivity contribution in [3.63, 3.8) is 0 Å². The first kappa shape index (κ1) is 29.3. The Morgan fingerprint density at radius 3 is 1.42 bits per heavy atom. The third kappa shape index (κ3) is 11.3. The van der Waals surface area contributed by atoms with Crippen molar-refractivity contribution in [2.75, 3.05) is 60.5 Å². The highest BCUT2D eigenvalue weighted by atomic mass is 16.5. The van der Waals surface area contributed by atoms with Crippen LogP contribution in [-0.2, 0) is 18.9 Å². The molecule has 0 bridgehead atoms. The van der Waals surface area contributed by atoms with Gasteiger partial charge in [0.2, 0.25) is 0 Å². The van der Waals surface area contributed by atoms with Crippen molar-refractivity contribution in [2.24, 2.45) is 0 Å². The van der Waals surface area contributed by atoms with Crippen LogP contribution in [0.3, 0.4) is 0 Å². The van der Waals surface area contributed by atoms with Gasteiger partial charge in [0, 0.05) is 33.4 Å². The molecule has 33 heavy (non-hydrogen) atoms. The summed E-state index contributed by atoms with van der Waals surface area (Å²) in [5.74, 6) is 0.164. The molecule has 0 spiro atoms. The molecule has 0 atom stereocenters. The van der Waals surface area contributed by atoms with Gasteiger partial charge in [0.25, 0.3) is 0 Å². The molecule has 3 rings (SSSR count). The van der Waals surface area contributed by atoms with Crippen LogP contribution in [0.4, 0.5) is 0 Å². The van der Waals surface area contributed by atoms with Gasteiger partial charge in [-0.15, -0.1) is 0 Å². The minimum atomic E-state index is 0.164. The van der Waals surface area contributed by atoms with E-state index in [0.717, 1.165) is 39.3 Å². The molecule has 5 nitrogen and oxygen atoms in total. The molecule has 2 aromatic carbocycles. The number of unbranched alkanes of at least 4 members (excludes halogenated alkanes) is 2. The highest BCUT2D eigenvalue weighted by Gasteiger charge is 2.26. The monoisotopic (exact) mass is 460 g/mol. The molecule has 0 fully saturated rings. The van der Waals surface area contributed by atoms with Crippen LogP contribution < -0.4 is 0 Å². The van der Waals surface area contributed by atoms with Crippen molar-refractivity contribution in [1.82, 2.24) is 0 Å². The Bertz CT molecular complexity index is 647. The second kappa shape index (κ2) is 19.7. The second-order valence-electron chi connectivity index (χ2n) is 7.83. The zero-order chi connectivity index (χ0) is 24.2. The van der Waals surface area contributed by atoms with Gasteiger partial charge in [-0.2, -0.15) is 0 Å². The highest BCUT2D eigenvalue weighted by Crippen LogP contribution is 2.43. The van der Waals surface area contributed by atoms with Gasteiger partial charge in [0.15, 0.2) is 0 Å². The maximum atomic E-state index is 9.46. The van der Waals surface area contributed by atoms with Crippen LogP contribution in [-0.4, -0.2) is 65.6 Å². The third-order valence-corrected chi connectivity index (χ3v) is 5.29. The number of aliphatic hydroxyl groups is 1. The number of hydrogen-bond donors (Lipinski definition) is 1. The largest absolute Gasteiger partial charge is 0.395 e. The minimum Gasteiger partial charge on any atom is -0.395 e. The lowest BCUT2D eigenvalue weighted by Gasteiger charge is -2.08. The fourth-order valence-electron chi connectivity index (χ4n) is 3.44. The first-order valence-electron chi connectivity index (χ1n) is 12.2. The van der Waals surface area contributed by atoms with Gasteiger partial charge >= 0.3 is 0 Å². The van der Waals surface area contributed by atoms with E-state index in [-0.39, 0.29) is 12.5 Å². The summed E-state index contributed by atoms with van der Waals surface area (Å²) in [5, 5.41) is 9.46. The third-order valence-electron chi connectivity index (χ3n) is 5.29. The molecule has 1 aliphatic carbocycles. The van der Waals surface area contributed by atoms with Gasteiger partial charge < -0.3 is 24.1 Å². The molecule has 0 aromatic heterocycles. The van der Waals surface area contributed by atoms with Gasteiger partial charge in [-0.25, -0.2) is 0 Å². The summed E-state index contributed by atoms with van der Waals surface area (Å²) in [5.41, 5.74) is 5.04. The number of benzene rings is 2. The fraction of sp³-hybridized carbons (Fsp3) is 0.571. The summed E-state index contributed by atoms with van der Waals surface area (Å²) >= 11 is 0. The lowest BCUT2D eigenvalue weighted by Crippen LogP contribution is -2.02. The Kier molecular flexibility index (Phi) is 17.5. The predicted molar refractivity (Wildman–Crippen MR) is 136 cm³/mol. The van der Waals surface area contributed by atoms with Crippen LogP contribution in [0, 0.1) is 0 Å². The molecule has 0 unspecified atom stereocenters. The average molecular weight is 461 g/mol. The van der Waals surface area contributed by atoms with E-state index in [0.29, 0.717) is 13.2 Å². The smallest absolute Gasteiger partial charge is 0.0700 e. The molecule has 2 aromatic rings. The number of ether oxygens (including phenoxy) is 4. The summed E-state index contributed by atoms with van der Waals surface area (Å²) in [6, 6.07) is 16.6. The summed E-state index contributed by atoms with van der Waals surface area (Å²) < 4.78 is 20.0. The maximum Gasteiger partial charge on any atom is 0.0700 e. The molecule has 186 valence electrons. The molecule has 0 radical (unpaired) electrons. The Morgan fingerprint density at radius 1 is 0.636 bits per heavy atom. The lowest BCUT2D eigenvalue weighted by atomic mass is 9.98. The number of aliphatic hydroxyl groups excluding tert-OH is 1. The topological polar surface area (TPSA) is 57.2 Å². The van der Waals surface area contributed by atoms with E-state index in [1.807, 2.05) is 12.1 Å². The first-order chi connectivity index (χ1) is 16.2. The molecular weight excluding hydrogens is 416 g/mol. The van der Waals surface area contributed by atoms with E-state index in [2.05, 4.69) is 50.2 Å². The molecule has 5 heteroatoms. The number of hydrogen-bond acceptors (Lipinski definition) is 5. The Balaban J connectivity index is 0.000000266. The van der Waals surface area contributed by atoms with Gasteiger partial charge in [0.05, 0.1) is 33.0 Å². The summed E-state index contributed by atoms with van der Waals surface area (Å²) in [4.78, 5) is 0. The molecule has 0 saturated carbocycles. The number of rotatable bonds is 13. The van der Waals surface area contributed by atoms with E-state index in [4.69, 9.17) is 18.9 Å². The summed E-state index contributed by atoms with van der Waals surface area (Å²) in [6.45, 7) is 9.13. The van der Waals surface area contributed by atoms with E-state index >= 15 is 0 Å². The van der Waals surface area contributed by atoms with Gasteiger partial charge in [-0.3, -0.25) is 0 Å². The van der Waals surface area contributed by atoms with Gasteiger partial charge in [-0.1, -0.05) is 75.2 Å². The molecule has 0 heterocycles. The minimum absolute atomic E-state index is 0.164. The SMILES string of the molecule is CCCCOCCOC.CCCCOCCOC.OCC1c2ccccc2-c2ccccc21. The van der Waals surface area contributed by atoms with E-state index in [1.54, 1.807) is 14.2 Å². The average Bonchev–Trinajstić information content (AvgIpc) is 3.18. The standard InChI is InChI=1S/C14H12O.2C7H16O2/c15-9-14-12-7-3-1-5-10(12)11-6-2-4-8-13(11)14;2*1-3-4-5-9-7-6-8-2/h1-8,14-15H,9H2;2*3-7H2,1-2H3. The maximum absolute atomic E-state index is 9.46. The highest BCUT2D eigenvalue weighted by molar-refractivity contribution is 5.78. The molecule has 0 aliphatic heterocycles. The van der Waals surface area contributed by atoms with Crippen LogP contribution in [0.5, 0.6) is 0 Å². The zero-order valence-corrected chi connectivity index (χ0v) is 21.1. The van der Waals surface area contributed by atoms with Crippen molar-refractivity contribution >= 4 is 0 Å². The van der Waals surface area contributed by atoms with Crippen LogP contribution in [0.25, 0.3) is 11.1 Å². The number of fused-ring (bicyclic) bond motifs is 3. The van der Waals surface area contributed by atoms with E-state index in [1.165, 1.54) is 35.1 Å². The molecule has 0 amide bonds. The zero-order valence-electron chi connectivity index (χ0n) is 21.1. The lowest BCUT2D eigenvalue weighted by molar-refractivity contribution is 0.0692. The van der Waals surface area contributed by atoms with Crippen LogP contribution in [0.15, 0.2) is 48.5 Å². The van der Waals surface area contributed by atoms with Gasteiger partial charge in [-0.05, 0) is 35.1 Å². The summed E-state index contributed by atoms with van der Waals surface area (Å²) in [6.07, 6.45) is 4.72. The summed E-state index contributed by atoms with van der Waals surface area (Å²) in [7, 11) is 3.37. The van der Waals surface area contributed by atoms with Crippen LogP contribution in [0.2, 0.25) is 0 Å². The normalized spacial score (nSPS) is 11.7. The van der Waals surface area contributed by atoms with Crippen molar-refractivity contribution in [1.29, 1.82) is 0 Å². The van der Waals surface area contributed by atoms with E-state index in [9.17, 15) is 5.11 Å². The van der Waals surface area contributed by atoms with Crippen molar-refractivity contribution in [2.45, 2.75) is 45.4 Å². The molecule has 0 saturated heterocycles. The Hall–Kier alpha value is -1.76. The van der Waals surface area contributed by atoms with Crippen molar-refractivity contribution in [3.05, 3.63) is 59.7 Å². The van der Waals surface area contributed by atoms with Crippen LogP contribution in [0.1, 0.15) is 56.6 Å². The molecule has 1 N–H and O–H groups in total. The molecule has 1 aliphatic rings. The van der Waals surface area contributed by atoms with Crippen LogP contribution >= 0.6 is 0 Å². The number of methoxy groups -OCH3 is 2. The van der Waals surface area contributed by atoms with E-state index < -0.39 is 0 Å². The van der Waals surface area contributed by atoms with Crippen molar-refractivity contribution in [3.8, 4) is 11.1 Å². The fourth-order valence-corrected chi connectivity index (χ4v) is 3.44. The van der Waals surface area contributed by atoms with Gasteiger partial charge in [0.1, 0.15) is 0 Å². The Labute approximate surface area is 201 Å². The quantitative estimate of drug-likeness (QED) is 0.389. The second-order valence-corrected chi connectivity index (χ2v) is 7.83. The first-order valence-corrected chi connectivity index (χ1v) is 12.2. The van der Waals surface area contributed by atoms with Crippen molar-refractivity contribution < 1.29 is 24.1 Å². The Morgan fingerprint density at radius 2 is 1.06 bits per heavy atom. The predicted octanol–water partition coefficient (Wildman–Crippen LogP) is 5.69. The molecular formula is C28H44O5.